The van der Waals surface area contributed by atoms with E-state index in [1.165, 1.54) is 0 Å². The summed E-state index contributed by atoms with van der Waals surface area (Å²) in [4.78, 5) is 0. The van der Waals surface area contributed by atoms with Crippen LogP contribution < -0.4 is 4.72 Å². The van der Waals surface area contributed by atoms with E-state index in [0.717, 1.165) is 11.3 Å². The first-order valence-corrected chi connectivity index (χ1v) is 5.28. The van der Waals surface area contributed by atoms with E-state index in [-0.39, 0.29) is 0 Å². The van der Waals surface area contributed by atoms with Crippen LogP contribution in [0.2, 0.25) is 0 Å². The third kappa shape index (κ3) is 1.12. The summed E-state index contributed by atoms with van der Waals surface area (Å²) in [5.74, 6) is 4.16. The third-order valence-electron chi connectivity index (χ3n) is 1.70. The van der Waals surface area contributed by atoms with Crippen molar-refractivity contribution in [3.8, 4) is 0 Å². The minimum atomic E-state index is -2.06. The summed E-state index contributed by atoms with van der Waals surface area (Å²) in [7, 11) is -2.06. The van der Waals surface area contributed by atoms with Crippen LogP contribution >= 0.6 is 0 Å². The second-order valence-electron chi connectivity index (χ2n) is 2.72. The number of nitrogens with one attached hydrogen (secondary N) is 1. The maximum Gasteiger partial charge on any atom is 0.0607 e. The fourth-order valence-electron chi connectivity index (χ4n) is 1.23. The van der Waals surface area contributed by atoms with Crippen LogP contribution in [0.3, 0.4) is 0 Å². The molecule has 1 atom stereocenters. The highest BCUT2D eigenvalue weighted by Crippen LogP contribution is 2.25. The van der Waals surface area contributed by atoms with Gasteiger partial charge in [-0.05, 0) is 17.5 Å². The van der Waals surface area contributed by atoms with Gasteiger partial charge in [-0.2, -0.15) is 0 Å². The summed E-state index contributed by atoms with van der Waals surface area (Å²) in [5.41, 5.74) is 2.07. The number of rotatable bonds is 0. The number of hydrogen-bond acceptors (Lipinski definition) is 1. The average molecular weight is 167 g/mol. The van der Waals surface area contributed by atoms with Crippen LogP contribution in [0.5, 0.6) is 0 Å². The predicted molar refractivity (Wildman–Crippen MR) is 49.0 cm³/mol. The lowest BCUT2D eigenvalue weighted by Crippen LogP contribution is -2.04. The van der Waals surface area contributed by atoms with E-state index in [2.05, 4.69) is 10.6 Å². The van der Waals surface area contributed by atoms with E-state index in [0.29, 0.717) is 5.75 Å². The first kappa shape index (κ1) is 6.73. The Kier molecular flexibility index (Phi) is 1.23. The van der Waals surface area contributed by atoms with Crippen LogP contribution in [0.1, 0.15) is 5.56 Å². The zero-order valence-corrected chi connectivity index (χ0v) is 6.86. The van der Waals surface area contributed by atoms with E-state index in [1.54, 1.807) is 0 Å². The van der Waals surface area contributed by atoms with Gasteiger partial charge in [0, 0.05) is 15.4 Å². The number of fused-ring (bicyclic) bond motifs is 1. The van der Waals surface area contributed by atoms with Crippen LogP contribution in [0.25, 0.3) is 0 Å². The molecule has 2 rings (SSSR count). The van der Waals surface area contributed by atoms with Crippen molar-refractivity contribution in [3.05, 3.63) is 29.8 Å². The molecule has 0 spiro atoms. The quantitative estimate of drug-likeness (QED) is 0.579. The van der Waals surface area contributed by atoms with Crippen molar-refractivity contribution in [1.29, 1.82) is 0 Å². The van der Waals surface area contributed by atoms with Gasteiger partial charge in [0.1, 0.15) is 0 Å². The van der Waals surface area contributed by atoms with Crippen molar-refractivity contribution >= 4 is 21.3 Å². The molecule has 1 aromatic rings. The van der Waals surface area contributed by atoms with Gasteiger partial charge in [0.2, 0.25) is 0 Å². The second-order valence-corrected chi connectivity index (χ2v) is 4.83. The lowest BCUT2D eigenvalue weighted by atomic mass is 10.2. The van der Waals surface area contributed by atoms with Gasteiger partial charge in [-0.15, -0.1) is 0 Å². The van der Waals surface area contributed by atoms with E-state index in [1.807, 2.05) is 24.3 Å². The summed E-state index contributed by atoms with van der Waals surface area (Å²) in [6.45, 7) is 0. The molecule has 1 aromatic carbocycles. The molecule has 2 nitrogen and oxygen atoms in total. The maximum atomic E-state index is 11.4. The number of para-hydroxylation sites is 1. The van der Waals surface area contributed by atoms with Gasteiger partial charge in [0.05, 0.1) is 5.75 Å². The Morgan fingerprint density at radius 2 is 2.18 bits per heavy atom. The number of hydrogen-bond donors (Lipinski definition) is 1. The summed E-state index contributed by atoms with van der Waals surface area (Å²) in [6.07, 6.45) is 0. The molecular formula is C8H9NOS. The van der Waals surface area contributed by atoms with Gasteiger partial charge in [-0.3, -0.25) is 0 Å². The summed E-state index contributed by atoms with van der Waals surface area (Å²) < 4.78 is 14.3. The summed E-state index contributed by atoms with van der Waals surface area (Å²) in [6, 6.07) is 7.77. The molecule has 0 aliphatic carbocycles. The number of benzene rings is 1. The molecule has 0 fully saturated rings. The van der Waals surface area contributed by atoms with Crippen LogP contribution in [-0.2, 0) is 15.5 Å². The monoisotopic (exact) mass is 167 g/mol. The minimum Gasteiger partial charge on any atom is -0.312 e. The van der Waals surface area contributed by atoms with Crippen LogP contribution in [0.4, 0.5) is 5.69 Å². The zero-order valence-electron chi connectivity index (χ0n) is 6.04. The van der Waals surface area contributed by atoms with Gasteiger partial charge in [-0.1, -0.05) is 18.2 Å². The minimum absolute atomic E-state index is 0.559. The largest absolute Gasteiger partial charge is 0.312 e. The molecule has 58 valence electrons. The fourth-order valence-corrected chi connectivity index (χ4v) is 2.66. The highest BCUT2D eigenvalue weighted by atomic mass is 32.2. The molecule has 1 heterocycles. The Morgan fingerprint density at radius 1 is 1.45 bits per heavy atom. The van der Waals surface area contributed by atoms with Gasteiger partial charge in [-0.25, -0.2) is 4.21 Å². The second kappa shape index (κ2) is 2.01. The zero-order chi connectivity index (χ0) is 7.90. The van der Waals surface area contributed by atoms with E-state index in [4.69, 9.17) is 0 Å². The molecule has 0 amide bonds. The average Bonchev–Trinajstić information content (AvgIpc) is 2.21. The molecule has 11 heavy (non-hydrogen) atoms. The molecule has 0 saturated carbocycles. The normalized spacial score (nSPS) is 27.6. The van der Waals surface area contributed by atoms with E-state index in [9.17, 15) is 4.21 Å². The lowest BCUT2D eigenvalue weighted by molar-refractivity contribution is 0.685. The predicted octanol–water partition coefficient (Wildman–Crippen LogP) is 1.24. The molecule has 1 aliphatic heterocycles. The summed E-state index contributed by atoms with van der Waals surface area (Å²) >= 11 is 0. The third-order valence-corrected chi connectivity index (χ3v) is 3.07. The van der Waals surface area contributed by atoms with Crippen molar-refractivity contribution in [2.45, 2.75) is 5.75 Å². The van der Waals surface area contributed by atoms with E-state index < -0.39 is 9.71 Å². The number of anilines is 1. The van der Waals surface area contributed by atoms with Crippen molar-refractivity contribution < 1.29 is 4.21 Å². The van der Waals surface area contributed by atoms with Crippen molar-refractivity contribution in [1.82, 2.24) is 0 Å². The lowest BCUT2D eigenvalue weighted by Gasteiger charge is -1.97. The van der Waals surface area contributed by atoms with Crippen LogP contribution in [0.15, 0.2) is 24.3 Å². The first-order valence-electron chi connectivity index (χ1n) is 3.38. The Labute approximate surface area is 66.4 Å². The summed E-state index contributed by atoms with van der Waals surface area (Å²) in [5, 5.41) is 0. The highest BCUT2D eigenvalue weighted by molar-refractivity contribution is 8.01. The highest BCUT2D eigenvalue weighted by Gasteiger charge is 2.16. The Balaban J connectivity index is 2.57. The van der Waals surface area contributed by atoms with Crippen molar-refractivity contribution in [2.75, 3.05) is 4.72 Å². The van der Waals surface area contributed by atoms with Crippen LogP contribution in [-0.4, -0.2) is 10.1 Å². The molecule has 0 bridgehead atoms. The molecule has 0 saturated heterocycles. The van der Waals surface area contributed by atoms with Gasteiger partial charge < -0.3 is 4.72 Å². The molecule has 0 aromatic heterocycles. The van der Waals surface area contributed by atoms with Gasteiger partial charge >= 0.3 is 0 Å². The molecule has 3 heteroatoms. The van der Waals surface area contributed by atoms with Crippen LogP contribution in [0, 0.1) is 0 Å². The SMILES string of the molecule is C=S1(=O)Cc2ccccc2N1. The Bertz CT molecular complexity index is 350. The van der Waals surface area contributed by atoms with Crippen molar-refractivity contribution in [2.24, 2.45) is 0 Å². The molecule has 1 unspecified atom stereocenters. The molecule has 1 aliphatic rings. The van der Waals surface area contributed by atoms with Crippen molar-refractivity contribution in [3.63, 3.8) is 0 Å². The Hall–Kier alpha value is -0.960. The van der Waals surface area contributed by atoms with Gasteiger partial charge in [0.25, 0.3) is 0 Å². The van der Waals surface area contributed by atoms with Gasteiger partial charge in [0.15, 0.2) is 0 Å². The standard InChI is InChI=1S/C8H9NOS/c1-11(10)6-7-4-2-3-5-8(7)9-11/h2-5H,1,6H2,(H,9,10). The molecule has 1 N–H and O–H groups in total. The fraction of sp³-hybridized carbons (Fsp3) is 0.125. The Morgan fingerprint density at radius 3 is 2.91 bits per heavy atom. The molecular weight excluding hydrogens is 158 g/mol. The maximum absolute atomic E-state index is 11.4. The topological polar surface area (TPSA) is 29.1 Å². The first-order chi connectivity index (χ1) is 5.17. The van der Waals surface area contributed by atoms with E-state index >= 15 is 0 Å². The molecule has 0 radical (unpaired) electrons. The smallest absolute Gasteiger partial charge is 0.0607 e.